The Balaban J connectivity index is 1.74. The zero-order chi connectivity index (χ0) is 18.6. The number of piperidine rings is 1. The first kappa shape index (κ1) is 18.6. The van der Waals surface area contributed by atoms with Crippen molar-refractivity contribution in [3.05, 3.63) is 31.0 Å². The van der Waals surface area contributed by atoms with Crippen LogP contribution in [0.15, 0.2) is 31.0 Å². The molecule has 0 atom stereocenters. The summed E-state index contributed by atoms with van der Waals surface area (Å²) in [5.74, 6) is 1.32. The summed E-state index contributed by atoms with van der Waals surface area (Å²) in [7, 11) is 1.84. The smallest absolute Gasteiger partial charge is 0.251 e. The Hall–Kier alpha value is -2.15. The van der Waals surface area contributed by atoms with Gasteiger partial charge in [-0.25, -0.2) is 4.98 Å². The molecule has 3 heterocycles. The molecule has 1 saturated heterocycles. The molecule has 0 unspecified atom stereocenters. The molecule has 0 radical (unpaired) electrons. The van der Waals surface area contributed by atoms with Gasteiger partial charge in [0.15, 0.2) is 5.82 Å². The van der Waals surface area contributed by atoms with Crippen LogP contribution in [0.2, 0.25) is 0 Å². The Kier molecular flexibility index (Phi) is 5.76. The molecule has 0 aliphatic carbocycles. The summed E-state index contributed by atoms with van der Waals surface area (Å²) in [5.41, 5.74) is -0.599. The molecule has 1 fully saturated rings. The predicted molar refractivity (Wildman–Crippen MR) is 102 cm³/mol. The highest BCUT2D eigenvalue weighted by atomic mass is 16.2. The summed E-state index contributed by atoms with van der Waals surface area (Å²) in [5, 5.41) is 7.29. The van der Waals surface area contributed by atoms with Crippen LogP contribution in [0.4, 0.5) is 5.82 Å². The second-order valence-corrected chi connectivity index (χ2v) is 7.31. The van der Waals surface area contributed by atoms with Gasteiger partial charge in [-0.3, -0.25) is 9.48 Å². The van der Waals surface area contributed by atoms with Gasteiger partial charge >= 0.3 is 0 Å². The van der Waals surface area contributed by atoms with E-state index in [0.29, 0.717) is 5.82 Å². The van der Waals surface area contributed by atoms with Gasteiger partial charge in [0.1, 0.15) is 5.54 Å². The molecule has 7 nitrogen and oxygen atoms in total. The first-order valence-corrected chi connectivity index (χ1v) is 9.59. The van der Waals surface area contributed by atoms with Gasteiger partial charge in [0.2, 0.25) is 0 Å². The second-order valence-electron chi connectivity index (χ2n) is 7.31. The number of rotatable bonds is 7. The Bertz CT molecular complexity index is 695. The molecule has 7 heteroatoms. The van der Waals surface area contributed by atoms with Crippen LogP contribution in [-0.2, 0) is 17.4 Å². The number of nitrogens with one attached hydrogen (secondary N) is 1. The minimum atomic E-state index is -0.599. The summed E-state index contributed by atoms with van der Waals surface area (Å²) < 4.78 is 3.66. The standard InChI is InChI=1S/C19H30N6O/c1-4-16(5-2)14-24-11-7-19(8-12-24,25-13-9-20-15-25)18(26)21-17-6-10-23(3)22-17/h6,9-10,13,15-16H,4-5,7-8,11-12,14H2,1-3H3,(H,21,22,26). The first-order valence-electron chi connectivity index (χ1n) is 9.59. The van der Waals surface area contributed by atoms with E-state index < -0.39 is 5.54 Å². The van der Waals surface area contributed by atoms with Gasteiger partial charge in [0.05, 0.1) is 6.33 Å². The molecular formula is C19H30N6O. The lowest BCUT2D eigenvalue weighted by molar-refractivity contribution is -0.127. The minimum Gasteiger partial charge on any atom is -0.322 e. The van der Waals surface area contributed by atoms with E-state index in [9.17, 15) is 4.79 Å². The van der Waals surface area contributed by atoms with Crippen molar-refractivity contribution in [1.82, 2.24) is 24.2 Å². The lowest BCUT2D eigenvalue weighted by atomic mass is 9.85. The zero-order valence-corrected chi connectivity index (χ0v) is 16.1. The Labute approximate surface area is 155 Å². The first-order chi connectivity index (χ1) is 12.6. The van der Waals surface area contributed by atoms with Crippen molar-refractivity contribution in [3.8, 4) is 0 Å². The number of aryl methyl sites for hydroxylation is 1. The summed E-state index contributed by atoms with van der Waals surface area (Å²) in [4.78, 5) is 19.9. The predicted octanol–water partition coefficient (Wildman–Crippen LogP) is 2.48. The summed E-state index contributed by atoms with van der Waals surface area (Å²) >= 11 is 0. The van der Waals surface area contributed by atoms with E-state index in [2.05, 4.69) is 34.1 Å². The van der Waals surface area contributed by atoms with Crippen molar-refractivity contribution in [2.75, 3.05) is 25.0 Å². The van der Waals surface area contributed by atoms with Gasteiger partial charge in [-0.15, -0.1) is 0 Å². The van der Waals surface area contributed by atoms with Crippen molar-refractivity contribution in [3.63, 3.8) is 0 Å². The number of nitrogens with zero attached hydrogens (tertiary/aromatic N) is 5. The van der Waals surface area contributed by atoms with E-state index in [-0.39, 0.29) is 5.91 Å². The maximum Gasteiger partial charge on any atom is 0.251 e. The van der Waals surface area contributed by atoms with Crippen LogP contribution < -0.4 is 5.32 Å². The SMILES string of the molecule is CCC(CC)CN1CCC(C(=O)Nc2ccn(C)n2)(n2ccnc2)CC1. The van der Waals surface area contributed by atoms with Crippen molar-refractivity contribution >= 4 is 11.7 Å². The molecule has 0 bridgehead atoms. The van der Waals surface area contributed by atoms with E-state index in [1.807, 2.05) is 30.1 Å². The molecule has 0 saturated carbocycles. The number of carbonyl (C=O) groups excluding carboxylic acids is 1. The van der Waals surface area contributed by atoms with Crippen LogP contribution in [0.3, 0.4) is 0 Å². The van der Waals surface area contributed by atoms with E-state index in [0.717, 1.165) is 38.4 Å². The third kappa shape index (κ3) is 3.82. The third-order valence-corrected chi connectivity index (χ3v) is 5.73. The Morgan fingerprint density at radius 3 is 2.54 bits per heavy atom. The number of anilines is 1. The van der Waals surface area contributed by atoms with Crippen LogP contribution in [0.5, 0.6) is 0 Å². The van der Waals surface area contributed by atoms with Crippen LogP contribution in [0, 0.1) is 5.92 Å². The number of aromatic nitrogens is 4. The molecule has 1 N–H and O–H groups in total. The highest BCUT2D eigenvalue weighted by molar-refractivity contribution is 5.96. The Morgan fingerprint density at radius 1 is 1.27 bits per heavy atom. The molecular weight excluding hydrogens is 328 g/mol. The third-order valence-electron chi connectivity index (χ3n) is 5.73. The molecule has 2 aromatic rings. The van der Waals surface area contributed by atoms with Gasteiger partial charge in [0, 0.05) is 51.3 Å². The van der Waals surface area contributed by atoms with Crippen molar-refractivity contribution in [2.45, 2.75) is 45.1 Å². The molecule has 1 amide bonds. The number of amides is 1. The van der Waals surface area contributed by atoms with Gasteiger partial charge < -0.3 is 14.8 Å². The number of carbonyl (C=O) groups is 1. The monoisotopic (exact) mass is 358 g/mol. The average molecular weight is 358 g/mol. The van der Waals surface area contributed by atoms with E-state index in [4.69, 9.17) is 0 Å². The summed E-state index contributed by atoms with van der Waals surface area (Å²) in [6.45, 7) is 7.48. The molecule has 1 aliphatic heterocycles. The minimum absolute atomic E-state index is 0.00335. The van der Waals surface area contributed by atoms with Crippen molar-refractivity contribution in [2.24, 2.45) is 13.0 Å². The molecule has 0 aromatic carbocycles. The topological polar surface area (TPSA) is 68.0 Å². The Morgan fingerprint density at radius 2 is 2.00 bits per heavy atom. The normalized spacial score (nSPS) is 17.5. The van der Waals surface area contributed by atoms with Crippen LogP contribution in [0.1, 0.15) is 39.5 Å². The fourth-order valence-electron chi connectivity index (χ4n) is 3.85. The zero-order valence-electron chi connectivity index (χ0n) is 16.1. The molecule has 1 aliphatic rings. The summed E-state index contributed by atoms with van der Waals surface area (Å²) in [6.07, 6.45) is 11.2. The van der Waals surface area contributed by atoms with Crippen molar-refractivity contribution < 1.29 is 4.79 Å². The van der Waals surface area contributed by atoms with Crippen LogP contribution >= 0.6 is 0 Å². The fourth-order valence-corrected chi connectivity index (χ4v) is 3.85. The highest BCUT2D eigenvalue weighted by Gasteiger charge is 2.43. The van der Waals surface area contributed by atoms with Crippen LogP contribution in [-0.4, -0.2) is 49.8 Å². The van der Waals surface area contributed by atoms with Gasteiger partial charge in [0.25, 0.3) is 5.91 Å². The van der Waals surface area contributed by atoms with Gasteiger partial charge in [-0.1, -0.05) is 26.7 Å². The van der Waals surface area contributed by atoms with E-state index in [1.54, 1.807) is 17.2 Å². The van der Waals surface area contributed by atoms with Crippen LogP contribution in [0.25, 0.3) is 0 Å². The number of likely N-dealkylation sites (tertiary alicyclic amines) is 1. The maximum atomic E-state index is 13.2. The molecule has 142 valence electrons. The molecule has 26 heavy (non-hydrogen) atoms. The second kappa shape index (κ2) is 8.03. The maximum absolute atomic E-state index is 13.2. The largest absolute Gasteiger partial charge is 0.322 e. The van der Waals surface area contributed by atoms with Gasteiger partial charge in [-0.2, -0.15) is 5.10 Å². The average Bonchev–Trinajstić information content (AvgIpc) is 3.32. The summed E-state index contributed by atoms with van der Waals surface area (Å²) in [6, 6.07) is 1.82. The van der Waals surface area contributed by atoms with E-state index >= 15 is 0 Å². The number of hydrogen-bond donors (Lipinski definition) is 1. The highest BCUT2D eigenvalue weighted by Crippen LogP contribution is 2.32. The molecule has 0 spiro atoms. The lowest BCUT2D eigenvalue weighted by Crippen LogP contribution is -2.53. The lowest BCUT2D eigenvalue weighted by Gasteiger charge is -2.42. The molecule has 2 aromatic heterocycles. The molecule has 3 rings (SSSR count). The number of imidazole rings is 1. The van der Waals surface area contributed by atoms with Crippen molar-refractivity contribution in [1.29, 1.82) is 0 Å². The van der Waals surface area contributed by atoms with Gasteiger partial charge in [-0.05, 0) is 18.8 Å². The quantitative estimate of drug-likeness (QED) is 0.826. The van der Waals surface area contributed by atoms with E-state index in [1.165, 1.54) is 12.8 Å². The fraction of sp³-hybridized carbons (Fsp3) is 0.632. The number of hydrogen-bond acceptors (Lipinski definition) is 4.